The molecule has 6 nitrogen and oxygen atoms in total. The van der Waals surface area contributed by atoms with Crippen molar-refractivity contribution in [2.75, 3.05) is 6.61 Å². The lowest BCUT2D eigenvalue weighted by Gasteiger charge is -2.02. The molecule has 1 heterocycles. The summed E-state index contributed by atoms with van der Waals surface area (Å²) in [6.07, 6.45) is 3.12. The van der Waals surface area contributed by atoms with Gasteiger partial charge in [-0.1, -0.05) is 41.9 Å². The molecule has 0 saturated carbocycles. The van der Waals surface area contributed by atoms with Gasteiger partial charge < -0.3 is 4.74 Å². The van der Waals surface area contributed by atoms with E-state index in [4.69, 9.17) is 16.3 Å². The second-order valence-electron chi connectivity index (χ2n) is 5.76. The average molecular weight is 395 g/mol. The van der Waals surface area contributed by atoms with Gasteiger partial charge in [0.25, 0.3) is 5.91 Å². The molecule has 0 bridgehead atoms. The van der Waals surface area contributed by atoms with Crippen LogP contribution in [0.25, 0.3) is 17.3 Å². The maximum Gasteiger partial charge on any atom is 0.289 e. The van der Waals surface area contributed by atoms with E-state index in [-0.39, 0.29) is 0 Å². The minimum Gasteiger partial charge on any atom is -0.494 e. The molecule has 28 heavy (non-hydrogen) atoms. The van der Waals surface area contributed by atoms with Crippen LogP contribution >= 0.6 is 11.6 Å². The third kappa shape index (κ3) is 5.31. The number of rotatable bonds is 7. The van der Waals surface area contributed by atoms with Gasteiger partial charge >= 0.3 is 0 Å². The second-order valence-corrected chi connectivity index (χ2v) is 6.20. The van der Waals surface area contributed by atoms with Crippen LogP contribution in [0, 0.1) is 0 Å². The molecule has 1 amide bonds. The lowest BCUT2D eigenvalue weighted by molar-refractivity contribution is 0.0950. The summed E-state index contributed by atoms with van der Waals surface area (Å²) >= 11 is 6.09. The molecular formula is C21H19ClN4O2. The first kappa shape index (κ1) is 19.4. The van der Waals surface area contributed by atoms with E-state index in [1.807, 2.05) is 61.5 Å². The Bertz CT molecular complexity index is 979. The summed E-state index contributed by atoms with van der Waals surface area (Å²) in [6.45, 7) is 2.54. The number of hydrogen-bond donors (Lipinski definition) is 2. The molecule has 3 rings (SSSR count). The molecular weight excluding hydrogens is 376 g/mol. The van der Waals surface area contributed by atoms with Gasteiger partial charge in [-0.15, -0.1) is 0 Å². The highest BCUT2D eigenvalue weighted by molar-refractivity contribution is 6.41. The quantitative estimate of drug-likeness (QED) is 0.458. The van der Waals surface area contributed by atoms with E-state index in [2.05, 4.69) is 20.7 Å². The Hall–Kier alpha value is -3.38. The first-order valence-corrected chi connectivity index (χ1v) is 9.08. The summed E-state index contributed by atoms with van der Waals surface area (Å²) in [4.78, 5) is 12.2. The van der Waals surface area contributed by atoms with E-state index in [0.29, 0.717) is 23.0 Å². The number of aromatic amines is 1. The van der Waals surface area contributed by atoms with Gasteiger partial charge in [0.1, 0.15) is 11.4 Å². The number of nitrogens with one attached hydrogen (secondary N) is 2. The topological polar surface area (TPSA) is 79.4 Å². The molecule has 0 atom stereocenters. The second kappa shape index (κ2) is 9.53. The molecule has 0 spiro atoms. The van der Waals surface area contributed by atoms with E-state index in [0.717, 1.165) is 16.9 Å². The Morgan fingerprint density at radius 1 is 1.21 bits per heavy atom. The van der Waals surface area contributed by atoms with E-state index in [1.165, 1.54) is 6.21 Å². The van der Waals surface area contributed by atoms with Crippen LogP contribution in [0.4, 0.5) is 0 Å². The van der Waals surface area contributed by atoms with Crippen molar-refractivity contribution in [3.8, 4) is 17.0 Å². The first-order chi connectivity index (χ1) is 13.7. The monoisotopic (exact) mass is 394 g/mol. The molecule has 0 fully saturated rings. The molecule has 142 valence electrons. The Labute approximate surface area is 167 Å². The fraction of sp³-hybridized carbons (Fsp3) is 0.0952. The minimum absolute atomic E-state index is 0.296. The number of aromatic nitrogens is 2. The third-order valence-electron chi connectivity index (χ3n) is 3.74. The number of ether oxygens (including phenoxy) is 1. The minimum atomic E-state index is -0.412. The number of benzene rings is 2. The lowest BCUT2D eigenvalue weighted by atomic mass is 10.1. The van der Waals surface area contributed by atoms with Crippen molar-refractivity contribution in [3.63, 3.8) is 0 Å². The Kier molecular flexibility index (Phi) is 6.59. The summed E-state index contributed by atoms with van der Waals surface area (Å²) in [5.41, 5.74) is 5.18. The van der Waals surface area contributed by atoms with Crippen LogP contribution in [0.1, 0.15) is 23.0 Å². The predicted molar refractivity (Wildman–Crippen MR) is 111 cm³/mol. The molecule has 2 aromatic carbocycles. The SMILES string of the molecule is CCOc1ccc(-c2cc(C(=O)NN=CC(Cl)=Cc3ccccc3)[nH]n2)cc1. The van der Waals surface area contributed by atoms with Crippen molar-refractivity contribution in [1.29, 1.82) is 0 Å². The number of H-pyrrole nitrogens is 1. The van der Waals surface area contributed by atoms with E-state index in [1.54, 1.807) is 12.1 Å². The normalized spacial score (nSPS) is 11.6. The number of carbonyl (C=O) groups is 1. The number of amides is 1. The molecule has 1 aromatic heterocycles. The fourth-order valence-corrected chi connectivity index (χ4v) is 2.61. The largest absolute Gasteiger partial charge is 0.494 e. The number of hydrazone groups is 1. The lowest BCUT2D eigenvalue weighted by Crippen LogP contribution is -2.17. The third-order valence-corrected chi connectivity index (χ3v) is 3.95. The van der Waals surface area contributed by atoms with Crippen molar-refractivity contribution in [3.05, 3.63) is 77.0 Å². The van der Waals surface area contributed by atoms with E-state index >= 15 is 0 Å². The van der Waals surface area contributed by atoms with Crippen molar-refractivity contribution in [1.82, 2.24) is 15.6 Å². The van der Waals surface area contributed by atoms with Gasteiger partial charge in [-0.3, -0.25) is 9.89 Å². The number of allylic oxidation sites excluding steroid dienone is 1. The van der Waals surface area contributed by atoms with Crippen molar-refractivity contribution in [2.24, 2.45) is 5.10 Å². The van der Waals surface area contributed by atoms with Gasteiger partial charge in [0.05, 0.1) is 23.5 Å². The van der Waals surface area contributed by atoms with Gasteiger partial charge in [-0.25, -0.2) is 5.43 Å². The number of hydrogen-bond acceptors (Lipinski definition) is 4. The van der Waals surface area contributed by atoms with Crippen LogP contribution in [0.5, 0.6) is 5.75 Å². The summed E-state index contributed by atoms with van der Waals surface area (Å²) in [7, 11) is 0. The fourth-order valence-electron chi connectivity index (χ4n) is 2.43. The molecule has 0 aliphatic rings. The number of carbonyl (C=O) groups excluding carboxylic acids is 1. The summed E-state index contributed by atoms with van der Waals surface area (Å²) in [5.74, 6) is 0.375. The molecule has 0 aliphatic heterocycles. The highest BCUT2D eigenvalue weighted by atomic mass is 35.5. The molecule has 0 unspecified atom stereocenters. The molecule has 0 saturated heterocycles. The number of halogens is 1. The van der Waals surface area contributed by atoms with Crippen molar-refractivity contribution >= 4 is 29.8 Å². The molecule has 0 radical (unpaired) electrons. The van der Waals surface area contributed by atoms with Gasteiger partial charge in [-0.05, 0) is 48.9 Å². The maximum absolute atomic E-state index is 12.2. The van der Waals surface area contributed by atoms with Crippen LogP contribution in [0.2, 0.25) is 0 Å². The van der Waals surface area contributed by atoms with E-state index < -0.39 is 5.91 Å². The molecule has 3 aromatic rings. The standard InChI is InChI=1S/C21H19ClN4O2/c1-2-28-18-10-8-16(9-11-18)19-13-20(25-24-19)21(27)26-23-14-17(22)12-15-6-4-3-5-7-15/h3-14H,2H2,1H3,(H,24,25)(H,26,27). The predicted octanol–water partition coefficient (Wildman–Crippen LogP) is 4.47. The van der Waals surface area contributed by atoms with Crippen molar-refractivity contribution < 1.29 is 9.53 Å². The van der Waals surface area contributed by atoms with Crippen LogP contribution < -0.4 is 10.2 Å². The van der Waals surface area contributed by atoms with Gasteiger partial charge in [-0.2, -0.15) is 10.2 Å². The Balaban J connectivity index is 1.60. The molecule has 7 heteroatoms. The smallest absolute Gasteiger partial charge is 0.289 e. The Morgan fingerprint density at radius 3 is 2.68 bits per heavy atom. The average Bonchev–Trinajstić information content (AvgIpc) is 3.20. The summed E-state index contributed by atoms with van der Waals surface area (Å²) < 4.78 is 5.42. The molecule has 0 aliphatic carbocycles. The highest BCUT2D eigenvalue weighted by Crippen LogP contribution is 2.21. The zero-order valence-electron chi connectivity index (χ0n) is 15.2. The number of nitrogens with zero attached hydrogens (tertiary/aromatic N) is 2. The summed E-state index contributed by atoms with van der Waals surface area (Å²) in [6, 6.07) is 18.7. The van der Waals surface area contributed by atoms with Gasteiger partial charge in [0.2, 0.25) is 0 Å². The first-order valence-electron chi connectivity index (χ1n) is 8.70. The maximum atomic E-state index is 12.2. The highest BCUT2D eigenvalue weighted by Gasteiger charge is 2.10. The van der Waals surface area contributed by atoms with Crippen molar-refractivity contribution in [2.45, 2.75) is 6.92 Å². The van der Waals surface area contributed by atoms with E-state index in [9.17, 15) is 4.79 Å². The zero-order chi connectivity index (χ0) is 19.8. The van der Waals surface area contributed by atoms with Crippen LogP contribution in [-0.4, -0.2) is 28.9 Å². The zero-order valence-corrected chi connectivity index (χ0v) is 16.0. The Morgan fingerprint density at radius 2 is 1.96 bits per heavy atom. The van der Waals surface area contributed by atoms with Crippen LogP contribution in [0.3, 0.4) is 0 Å². The van der Waals surface area contributed by atoms with Crippen LogP contribution in [-0.2, 0) is 0 Å². The van der Waals surface area contributed by atoms with Crippen LogP contribution in [0.15, 0.2) is 70.8 Å². The van der Waals surface area contributed by atoms with Gasteiger partial charge in [0.15, 0.2) is 0 Å². The van der Waals surface area contributed by atoms with Gasteiger partial charge in [0, 0.05) is 5.56 Å². The molecule has 2 N–H and O–H groups in total. The summed E-state index contributed by atoms with van der Waals surface area (Å²) in [5, 5.41) is 11.1.